The number of hydrogen-bond donors (Lipinski definition) is 2. The molecule has 0 saturated carbocycles. The van der Waals surface area contributed by atoms with Gasteiger partial charge in [0.1, 0.15) is 5.75 Å². The zero-order chi connectivity index (χ0) is 16.8. The lowest BCUT2D eigenvalue weighted by molar-refractivity contribution is -0.122. The molecule has 1 atom stereocenters. The summed E-state index contributed by atoms with van der Waals surface area (Å²) in [5.41, 5.74) is 1.25. The minimum absolute atomic E-state index is 0.171. The minimum Gasteiger partial charge on any atom is -0.481 e. The van der Waals surface area contributed by atoms with Gasteiger partial charge in [0.15, 0.2) is 6.10 Å². The number of hydrogen-bond acceptors (Lipinski definition) is 3. The predicted molar refractivity (Wildman–Crippen MR) is 90.9 cm³/mol. The lowest BCUT2D eigenvalue weighted by Gasteiger charge is -2.15. The molecule has 0 aliphatic carbocycles. The molecule has 0 spiro atoms. The summed E-state index contributed by atoms with van der Waals surface area (Å²) in [6.45, 7) is 3.08. The van der Waals surface area contributed by atoms with E-state index in [-0.39, 0.29) is 11.8 Å². The average Bonchev–Trinajstić information content (AvgIpc) is 2.49. The average molecular weight is 333 g/mol. The van der Waals surface area contributed by atoms with Crippen LogP contribution in [0, 0.1) is 0 Å². The fraction of sp³-hybridized carbons (Fsp3) is 0.176. The van der Waals surface area contributed by atoms with Gasteiger partial charge in [-0.05, 0) is 43.3 Å². The molecule has 23 heavy (non-hydrogen) atoms. The van der Waals surface area contributed by atoms with Crippen molar-refractivity contribution in [1.29, 1.82) is 0 Å². The van der Waals surface area contributed by atoms with Crippen LogP contribution in [-0.2, 0) is 9.59 Å². The van der Waals surface area contributed by atoms with Crippen molar-refractivity contribution in [3.63, 3.8) is 0 Å². The maximum absolute atomic E-state index is 12.1. The molecule has 2 rings (SSSR count). The standard InChI is InChI=1S/C17H17ClN2O3/c1-11(17(22)20-14-8-6-13(18)7-9-14)23-16-5-3-4-15(10-16)19-12(2)21/h3-11H,1-2H3,(H,19,21)(H,20,22)/t11-/m1/s1. The Morgan fingerprint density at radius 2 is 1.74 bits per heavy atom. The van der Waals surface area contributed by atoms with Gasteiger partial charge in [-0.15, -0.1) is 0 Å². The van der Waals surface area contributed by atoms with E-state index >= 15 is 0 Å². The molecule has 0 unspecified atom stereocenters. The number of ether oxygens (including phenoxy) is 1. The van der Waals surface area contributed by atoms with Crippen molar-refractivity contribution < 1.29 is 14.3 Å². The largest absolute Gasteiger partial charge is 0.481 e. The third kappa shape index (κ3) is 5.30. The van der Waals surface area contributed by atoms with Crippen LogP contribution in [0.1, 0.15) is 13.8 Å². The third-order valence-electron chi connectivity index (χ3n) is 2.95. The number of halogens is 1. The van der Waals surface area contributed by atoms with Gasteiger partial charge in [-0.1, -0.05) is 17.7 Å². The van der Waals surface area contributed by atoms with Gasteiger partial charge >= 0.3 is 0 Å². The summed E-state index contributed by atoms with van der Waals surface area (Å²) in [6.07, 6.45) is -0.696. The molecule has 2 amide bonds. The highest BCUT2D eigenvalue weighted by atomic mass is 35.5. The number of carbonyl (C=O) groups excluding carboxylic acids is 2. The van der Waals surface area contributed by atoms with Crippen LogP contribution in [0.25, 0.3) is 0 Å². The number of amides is 2. The Bertz CT molecular complexity index is 701. The maximum Gasteiger partial charge on any atom is 0.265 e. The molecule has 0 radical (unpaired) electrons. The van der Waals surface area contributed by atoms with Gasteiger partial charge < -0.3 is 15.4 Å². The topological polar surface area (TPSA) is 67.4 Å². The molecule has 0 aliphatic heterocycles. The van der Waals surface area contributed by atoms with Gasteiger partial charge in [-0.3, -0.25) is 9.59 Å². The molecule has 0 aliphatic rings. The Hall–Kier alpha value is -2.53. The number of anilines is 2. The van der Waals surface area contributed by atoms with Gasteiger partial charge in [0.25, 0.3) is 5.91 Å². The van der Waals surface area contributed by atoms with E-state index < -0.39 is 6.10 Å². The predicted octanol–water partition coefficient (Wildman–Crippen LogP) is 3.70. The van der Waals surface area contributed by atoms with Crippen LogP contribution in [0.5, 0.6) is 5.75 Å². The van der Waals surface area contributed by atoms with Gasteiger partial charge in [-0.2, -0.15) is 0 Å². The van der Waals surface area contributed by atoms with E-state index in [1.54, 1.807) is 55.5 Å². The van der Waals surface area contributed by atoms with Gasteiger partial charge in [-0.25, -0.2) is 0 Å². The smallest absolute Gasteiger partial charge is 0.265 e. The summed E-state index contributed by atoms with van der Waals surface area (Å²) < 4.78 is 5.60. The third-order valence-corrected chi connectivity index (χ3v) is 3.20. The second kappa shape index (κ2) is 7.65. The summed E-state index contributed by atoms with van der Waals surface area (Å²) in [6, 6.07) is 13.7. The van der Waals surface area contributed by atoms with Crippen LogP contribution in [0.15, 0.2) is 48.5 Å². The molecule has 0 fully saturated rings. The van der Waals surface area contributed by atoms with Crippen molar-refractivity contribution in [1.82, 2.24) is 0 Å². The summed E-state index contributed by atoms with van der Waals surface area (Å²) in [5.74, 6) is 0.0444. The van der Waals surface area contributed by atoms with Crippen molar-refractivity contribution in [2.24, 2.45) is 0 Å². The quantitative estimate of drug-likeness (QED) is 0.877. The monoisotopic (exact) mass is 332 g/mol. The molecule has 0 heterocycles. The Labute approximate surface area is 139 Å². The SMILES string of the molecule is CC(=O)Nc1cccc(O[C@H](C)C(=O)Nc2ccc(Cl)cc2)c1. The molecular weight excluding hydrogens is 316 g/mol. The first-order valence-corrected chi connectivity index (χ1v) is 7.42. The fourth-order valence-corrected chi connectivity index (χ4v) is 2.01. The summed E-state index contributed by atoms with van der Waals surface area (Å²) in [4.78, 5) is 23.2. The number of nitrogens with one attached hydrogen (secondary N) is 2. The fourth-order valence-electron chi connectivity index (χ4n) is 1.89. The first-order chi connectivity index (χ1) is 10.9. The molecule has 120 valence electrons. The van der Waals surface area contributed by atoms with Crippen molar-refractivity contribution in [2.45, 2.75) is 20.0 Å². The lowest BCUT2D eigenvalue weighted by Crippen LogP contribution is -2.30. The van der Waals surface area contributed by atoms with Crippen LogP contribution in [-0.4, -0.2) is 17.9 Å². The van der Waals surface area contributed by atoms with Crippen LogP contribution in [0.3, 0.4) is 0 Å². The van der Waals surface area contributed by atoms with Crippen LogP contribution in [0.2, 0.25) is 5.02 Å². The number of benzene rings is 2. The van der Waals surface area contributed by atoms with Crippen LogP contribution < -0.4 is 15.4 Å². The second-order valence-electron chi connectivity index (χ2n) is 4.97. The van der Waals surface area contributed by atoms with Gasteiger partial charge in [0.05, 0.1) is 0 Å². The normalized spacial score (nSPS) is 11.4. The number of carbonyl (C=O) groups is 2. The molecule has 0 aromatic heterocycles. The van der Waals surface area contributed by atoms with E-state index in [4.69, 9.17) is 16.3 Å². The number of rotatable bonds is 5. The molecule has 0 saturated heterocycles. The van der Waals surface area contributed by atoms with Crippen molar-refractivity contribution in [2.75, 3.05) is 10.6 Å². The molecule has 0 bridgehead atoms. The van der Waals surface area contributed by atoms with E-state index in [1.807, 2.05) is 0 Å². The molecule has 6 heteroatoms. The van der Waals surface area contributed by atoms with Crippen LogP contribution >= 0.6 is 11.6 Å². The Morgan fingerprint density at radius 1 is 1.04 bits per heavy atom. The van der Waals surface area contributed by atoms with Gasteiger partial charge in [0, 0.05) is 29.4 Å². The summed E-state index contributed by atoms with van der Waals surface area (Å²) >= 11 is 5.80. The zero-order valence-electron chi connectivity index (χ0n) is 12.8. The lowest BCUT2D eigenvalue weighted by atomic mass is 10.2. The zero-order valence-corrected chi connectivity index (χ0v) is 13.6. The summed E-state index contributed by atoms with van der Waals surface area (Å²) in [7, 11) is 0. The van der Waals surface area contributed by atoms with E-state index in [2.05, 4.69) is 10.6 Å². The minimum atomic E-state index is -0.696. The van der Waals surface area contributed by atoms with E-state index in [1.165, 1.54) is 6.92 Å². The highest BCUT2D eigenvalue weighted by Crippen LogP contribution is 2.19. The molecule has 5 nitrogen and oxygen atoms in total. The Balaban J connectivity index is 1.97. The van der Waals surface area contributed by atoms with Crippen LogP contribution in [0.4, 0.5) is 11.4 Å². The molecule has 2 N–H and O–H groups in total. The molecule has 2 aromatic carbocycles. The second-order valence-corrected chi connectivity index (χ2v) is 5.40. The molecular formula is C17H17ClN2O3. The van der Waals surface area contributed by atoms with Crippen molar-refractivity contribution >= 4 is 34.8 Å². The maximum atomic E-state index is 12.1. The molecule has 2 aromatic rings. The summed E-state index contributed by atoms with van der Waals surface area (Å²) in [5, 5.41) is 6.00. The van der Waals surface area contributed by atoms with Gasteiger partial charge in [0.2, 0.25) is 5.91 Å². The van der Waals surface area contributed by atoms with E-state index in [0.717, 1.165) is 0 Å². The van der Waals surface area contributed by atoms with Crippen molar-refractivity contribution in [3.05, 3.63) is 53.6 Å². The van der Waals surface area contributed by atoms with E-state index in [9.17, 15) is 9.59 Å². The first kappa shape index (κ1) is 16.8. The highest BCUT2D eigenvalue weighted by molar-refractivity contribution is 6.30. The Kier molecular flexibility index (Phi) is 5.60. The highest BCUT2D eigenvalue weighted by Gasteiger charge is 2.15. The first-order valence-electron chi connectivity index (χ1n) is 7.05. The Morgan fingerprint density at radius 3 is 2.39 bits per heavy atom. The van der Waals surface area contributed by atoms with Crippen molar-refractivity contribution in [3.8, 4) is 5.75 Å². The van der Waals surface area contributed by atoms with E-state index in [0.29, 0.717) is 22.1 Å².